The van der Waals surface area contributed by atoms with Crippen LogP contribution in [0.4, 0.5) is 0 Å². The number of esters is 1. The summed E-state index contributed by atoms with van der Waals surface area (Å²) in [4.78, 5) is 24.6. The molecule has 2 fully saturated rings. The highest BCUT2D eigenvalue weighted by atomic mass is 79.9. The van der Waals surface area contributed by atoms with Crippen LogP contribution in [0.25, 0.3) is 0 Å². The molecule has 3 atom stereocenters. The van der Waals surface area contributed by atoms with E-state index < -0.39 is 27.4 Å². The third kappa shape index (κ3) is 3.78. The number of ether oxygens (including phenoxy) is 1. The molecule has 0 heterocycles. The molecule has 154 valence electrons. The molecule has 8 heteroatoms. The lowest BCUT2D eigenvalue weighted by atomic mass is 9.70. The molecule has 3 unspecified atom stereocenters. The average Bonchev–Trinajstić information content (AvgIpc) is 2.95. The van der Waals surface area contributed by atoms with Gasteiger partial charge in [-0.25, -0.2) is 13.1 Å². The van der Waals surface area contributed by atoms with Gasteiger partial charge in [-0.05, 0) is 41.9 Å². The summed E-state index contributed by atoms with van der Waals surface area (Å²) in [5.41, 5.74) is -0.524. The Morgan fingerprint density at radius 3 is 2.46 bits per heavy atom. The molecule has 2 bridgehead atoms. The van der Waals surface area contributed by atoms with E-state index in [4.69, 9.17) is 4.74 Å². The van der Waals surface area contributed by atoms with Crippen LogP contribution in [-0.2, 0) is 24.3 Å². The van der Waals surface area contributed by atoms with Crippen LogP contribution in [0.3, 0.4) is 0 Å². The van der Waals surface area contributed by atoms with Gasteiger partial charge in [0.1, 0.15) is 5.78 Å². The molecule has 0 saturated heterocycles. The largest absolute Gasteiger partial charge is 0.469 e. The zero-order valence-electron chi connectivity index (χ0n) is 16.3. The highest BCUT2D eigenvalue weighted by molar-refractivity contribution is 9.10. The number of rotatable bonds is 7. The molecular formula is C20H26BrNO5S. The van der Waals surface area contributed by atoms with Crippen molar-refractivity contribution < 1.29 is 22.7 Å². The smallest absolute Gasteiger partial charge is 0.307 e. The second kappa shape index (κ2) is 7.54. The Balaban J connectivity index is 1.86. The molecule has 2 saturated carbocycles. The van der Waals surface area contributed by atoms with Crippen molar-refractivity contribution in [1.82, 2.24) is 4.72 Å². The predicted molar refractivity (Wildman–Crippen MR) is 109 cm³/mol. The Morgan fingerprint density at radius 2 is 1.96 bits per heavy atom. The molecule has 0 aliphatic heterocycles. The van der Waals surface area contributed by atoms with Crippen LogP contribution >= 0.6 is 15.9 Å². The van der Waals surface area contributed by atoms with E-state index >= 15 is 0 Å². The summed E-state index contributed by atoms with van der Waals surface area (Å²) in [6.07, 6.45) is 1.82. The summed E-state index contributed by atoms with van der Waals surface area (Å²) in [6.45, 7) is 4.01. The van der Waals surface area contributed by atoms with Crippen LogP contribution < -0.4 is 4.72 Å². The maximum atomic E-state index is 13.1. The Morgan fingerprint density at radius 1 is 1.32 bits per heavy atom. The van der Waals surface area contributed by atoms with Gasteiger partial charge in [-0.15, -0.1) is 0 Å². The topological polar surface area (TPSA) is 89.5 Å². The van der Waals surface area contributed by atoms with Crippen molar-refractivity contribution in [1.29, 1.82) is 0 Å². The number of methoxy groups -OCH3 is 1. The minimum absolute atomic E-state index is 0.0484. The van der Waals surface area contributed by atoms with E-state index in [9.17, 15) is 18.0 Å². The third-order valence-electron chi connectivity index (χ3n) is 6.77. The highest BCUT2D eigenvalue weighted by Gasteiger charge is 2.65. The summed E-state index contributed by atoms with van der Waals surface area (Å²) in [5, 5.41) is 0. The normalized spacial score (nSPS) is 27.0. The maximum absolute atomic E-state index is 13.1. The number of hydrogen-bond donors (Lipinski definition) is 1. The van der Waals surface area contributed by atoms with E-state index in [0.29, 0.717) is 18.4 Å². The molecule has 0 aromatic heterocycles. The van der Waals surface area contributed by atoms with Gasteiger partial charge < -0.3 is 4.74 Å². The van der Waals surface area contributed by atoms with Crippen molar-refractivity contribution in [3.05, 3.63) is 34.3 Å². The van der Waals surface area contributed by atoms with E-state index in [0.717, 1.165) is 10.9 Å². The van der Waals surface area contributed by atoms with Crippen LogP contribution in [0.15, 0.2) is 28.7 Å². The molecule has 0 amide bonds. The lowest BCUT2D eigenvalue weighted by molar-refractivity contribution is -0.141. The van der Waals surface area contributed by atoms with Crippen molar-refractivity contribution in [3.63, 3.8) is 0 Å². The van der Waals surface area contributed by atoms with Gasteiger partial charge in [0.15, 0.2) is 0 Å². The molecule has 1 aromatic carbocycles. The first kappa shape index (κ1) is 21.5. The highest BCUT2D eigenvalue weighted by Crippen LogP contribution is 2.64. The van der Waals surface area contributed by atoms with Gasteiger partial charge in [0.25, 0.3) is 0 Å². The molecule has 1 N–H and O–H groups in total. The number of hydrogen-bond acceptors (Lipinski definition) is 5. The SMILES string of the molecule is COC(=O)CC(NS(=O)(=O)CC12CCC(CC1=O)C2(C)C)c1ccc(Br)cc1. The van der Waals surface area contributed by atoms with Crippen molar-refractivity contribution >= 4 is 37.7 Å². The molecule has 0 radical (unpaired) electrons. The van der Waals surface area contributed by atoms with Crippen LogP contribution in [0, 0.1) is 16.7 Å². The summed E-state index contributed by atoms with van der Waals surface area (Å²) < 4.78 is 34.4. The van der Waals surface area contributed by atoms with E-state index in [1.165, 1.54) is 7.11 Å². The first-order chi connectivity index (χ1) is 13.0. The molecular weight excluding hydrogens is 446 g/mol. The third-order valence-corrected chi connectivity index (χ3v) is 8.81. The lowest BCUT2D eigenvalue weighted by Crippen LogP contribution is -2.46. The van der Waals surface area contributed by atoms with E-state index in [1.807, 2.05) is 13.8 Å². The number of fused-ring (bicyclic) bond motifs is 2. The van der Waals surface area contributed by atoms with Crippen LogP contribution in [0.5, 0.6) is 0 Å². The average molecular weight is 472 g/mol. The van der Waals surface area contributed by atoms with Gasteiger partial charge >= 0.3 is 5.97 Å². The monoisotopic (exact) mass is 471 g/mol. The quantitative estimate of drug-likeness (QED) is 0.615. The van der Waals surface area contributed by atoms with Crippen molar-refractivity contribution in [2.75, 3.05) is 12.9 Å². The fourth-order valence-corrected chi connectivity index (χ4v) is 7.19. The summed E-state index contributed by atoms with van der Waals surface area (Å²) in [7, 11) is -2.54. The number of sulfonamides is 1. The molecule has 1 aromatic rings. The first-order valence-electron chi connectivity index (χ1n) is 9.36. The standard InChI is InChI=1S/C20H26BrNO5S/c1-19(2)14-8-9-20(19,17(23)10-14)12-28(25,26)22-16(11-18(24)27-3)13-4-6-15(21)7-5-13/h4-7,14,16,22H,8-12H2,1-3H3. The van der Waals surface area contributed by atoms with Crippen molar-refractivity contribution in [2.45, 2.75) is 45.6 Å². The van der Waals surface area contributed by atoms with E-state index in [1.54, 1.807) is 24.3 Å². The summed E-state index contributed by atoms with van der Waals surface area (Å²) in [6, 6.07) is 6.35. The number of ketones is 1. The van der Waals surface area contributed by atoms with Gasteiger partial charge in [-0.1, -0.05) is 41.9 Å². The molecule has 28 heavy (non-hydrogen) atoms. The second-order valence-corrected chi connectivity index (χ2v) is 11.1. The number of carbonyl (C=O) groups is 2. The molecule has 2 aliphatic carbocycles. The van der Waals surface area contributed by atoms with Gasteiger partial charge in [0.05, 0.1) is 25.3 Å². The number of halogens is 1. The second-order valence-electron chi connectivity index (χ2n) is 8.43. The Bertz CT molecular complexity index is 880. The summed E-state index contributed by atoms with van der Waals surface area (Å²) in [5.74, 6) is -0.455. The van der Waals surface area contributed by atoms with Crippen LogP contribution in [0.1, 0.15) is 51.1 Å². The van der Waals surface area contributed by atoms with Gasteiger partial charge in [-0.3, -0.25) is 9.59 Å². The maximum Gasteiger partial charge on any atom is 0.307 e. The number of Topliss-reactive ketones (excluding diaryl/α,β-unsaturated/α-hetero) is 1. The Kier molecular flexibility index (Phi) is 5.78. The molecule has 0 spiro atoms. The van der Waals surface area contributed by atoms with Gasteiger partial charge in [0, 0.05) is 16.3 Å². The summed E-state index contributed by atoms with van der Waals surface area (Å²) >= 11 is 3.35. The minimum Gasteiger partial charge on any atom is -0.469 e. The predicted octanol–water partition coefficient (Wildman–Crippen LogP) is 3.37. The van der Waals surface area contributed by atoms with Crippen LogP contribution in [0.2, 0.25) is 0 Å². The first-order valence-corrected chi connectivity index (χ1v) is 11.8. The molecule has 6 nitrogen and oxygen atoms in total. The van der Waals surface area contributed by atoms with Crippen molar-refractivity contribution in [3.8, 4) is 0 Å². The Hall–Kier alpha value is -1.25. The molecule has 2 aliphatic rings. The molecule has 3 rings (SSSR count). The van der Waals surface area contributed by atoms with Crippen molar-refractivity contribution in [2.24, 2.45) is 16.7 Å². The lowest BCUT2D eigenvalue weighted by Gasteiger charge is -2.36. The Labute approximate surface area is 174 Å². The van der Waals surface area contributed by atoms with Gasteiger partial charge in [0.2, 0.25) is 10.0 Å². The fraction of sp³-hybridized carbons (Fsp3) is 0.600. The van der Waals surface area contributed by atoms with E-state index in [-0.39, 0.29) is 29.3 Å². The van der Waals surface area contributed by atoms with Crippen LogP contribution in [-0.4, -0.2) is 33.0 Å². The number of carbonyl (C=O) groups excluding carboxylic acids is 2. The zero-order valence-corrected chi connectivity index (χ0v) is 18.7. The van der Waals surface area contributed by atoms with E-state index in [2.05, 4.69) is 20.7 Å². The number of benzene rings is 1. The fourth-order valence-electron chi connectivity index (χ4n) is 4.86. The zero-order chi connectivity index (χ0) is 20.7. The minimum atomic E-state index is -3.81. The number of nitrogens with one attached hydrogen (secondary N) is 1. The van der Waals surface area contributed by atoms with Gasteiger partial charge in [-0.2, -0.15) is 0 Å².